The molecule has 0 heterocycles. The molecule has 1 aliphatic rings. The van der Waals surface area contributed by atoms with Gasteiger partial charge in [0, 0.05) is 20.6 Å². The van der Waals surface area contributed by atoms with Crippen LogP contribution in [0, 0.1) is 6.92 Å². The van der Waals surface area contributed by atoms with Gasteiger partial charge in [-0.1, -0.05) is 56.1 Å². The normalized spacial score (nSPS) is 14.0. The van der Waals surface area contributed by atoms with Crippen molar-refractivity contribution in [1.82, 2.24) is 5.32 Å². The zero-order valence-corrected chi connectivity index (χ0v) is 14.8. The van der Waals surface area contributed by atoms with E-state index in [-0.39, 0.29) is 11.9 Å². The van der Waals surface area contributed by atoms with Gasteiger partial charge in [0.25, 0.3) is 5.91 Å². The number of fused-ring (bicyclic) bond motifs is 1. The molecule has 0 aliphatic heterocycles. The Morgan fingerprint density at radius 3 is 2.14 bits per heavy atom. The third-order valence-electron chi connectivity index (χ3n) is 3.93. The molecule has 1 N–H and O–H groups in total. The Bertz CT molecular complexity index is 664. The van der Waals surface area contributed by atoms with Gasteiger partial charge in [0.05, 0.1) is 0 Å². The van der Waals surface area contributed by atoms with E-state index in [1.165, 1.54) is 11.1 Å². The van der Waals surface area contributed by atoms with Gasteiger partial charge in [0.15, 0.2) is 0 Å². The summed E-state index contributed by atoms with van der Waals surface area (Å²) >= 11 is 6.98. The molecule has 0 radical (unpaired) electrons. The second-order valence-corrected chi connectivity index (χ2v) is 7.12. The lowest BCUT2D eigenvalue weighted by atomic mass is 10.1. The van der Waals surface area contributed by atoms with Crippen molar-refractivity contribution in [2.45, 2.75) is 25.8 Å². The maximum absolute atomic E-state index is 12.4. The summed E-state index contributed by atoms with van der Waals surface area (Å²) in [5, 5.41) is 3.14. The molecule has 1 aliphatic carbocycles. The third-order valence-corrected chi connectivity index (χ3v) is 5.58. The van der Waals surface area contributed by atoms with Crippen LogP contribution in [0.25, 0.3) is 0 Å². The number of rotatable bonds is 2. The van der Waals surface area contributed by atoms with Gasteiger partial charge in [-0.2, -0.15) is 0 Å². The maximum Gasteiger partial charge on any atom is 0.251 e. The number of nitrogens with one attached hydrogen (secondary N) is 1. The lowest BCUT2D eigenvalue weighted by Gasteiger charge is -2.13. The Kier molecular flexibility index (Phi) is 4.18. The summed E-state index contributed by atoms with van der Waals surface area (Å²) in [7, 11) is 0. The fourth-order valence-electron chi connectivity index (χ4n) is 2.71. The number of benzene rings is 2. The van der Waals surface area contributed by atoms with Crippen LogP contribution >= 0.6 is 31.9 Å². The predicted molar refractivity (Wildman–Crippen MR) is 91.7 cm³/mol. The van der Waals surface area contributed by atoms with Crippen LogP contribution in [0.2, 0.25) is 0 Å². The second-order valence-electron chi connectivity index (χ2n) is 5.41. The summed E-state index contributed by atoms with van der Waals surface area (Å²) in [6, 6.07) is 12.3. The van der Waals surface area contributed by atoms with Gasteiger partial charge in [-0.05, 0) is 48.6 Å². The van der Waals surface area contributed by atoms with E-state index in [9.17, 15) is 4.79 Å². The molecule has 0 atom stereocenters. The van der Waals surface area contributed by atoms with Crippen LogP contribution < -0.4 is 5.32 Å². The summed E-state index contributed by atoms with van der Waals surface area (Å²) in [5.41, 5.74) is 4.46. The van der Waals surface area contributed by atoms with E-state index in [2.05, 4.69) is 61.4 Å². The average molecular weight is 409 g/mol. The molecule has 0 fully saturated rings. The number of amides is 1. The summed E-state index contributed by atoms with van der Waals surface area (Å²) in [4.78, 5) is 12.4. The lowest BCUT2D eigenvalue weighted by Crippen LogP contribution is -2.35. The molecule has 2 aromatic carbocycles. The highest BCUT2D eigenvalue weighted by atomic mass is 79.9. The Morgan fingerprint density at radius 1 is 1.10 bits per heavy atom. The van der Waals surface area contributed by atoms with E-state index in [0.717, 1.165) is 27.4 Å². The van der Waals surface area contributed by atoms with Crippen LogP contribution in [-0.4, -0.2) is 11.9 Å². The van der Waals surface area contributed by atoms with Crippen LogP contribution in [0.4, 0.5) is 0 Å². The van der Waals surface area contributed by atoms with Crippen LogP contribution in [0.3, 0.4) is 0 Å². The molecule has 0 aromatic heterocycles. The highest BCUT2D eigenvalue weighted by Gasteiger charge is 2.23. The molecule has 108 valence electrons. The van der Waals surface area contributed by atoms with E-state index in [1.807, 2.05) is 19.1 Å². The Balaban J connectivity index is 1.74. The van der Waals surface area contributed by atoms with Crippen LogP contribution in [0.15, 0.2) is 45.3 Å². The second kappa shape index (κ2) is 5.93. The molecule has 2 nitrogen and oxygen atoms in total. The van der Waals surface area contributed by atoms with Crippen molar-refractivity contribution in [1.29, 1.82) is 0 Å². The monoisotopic (exact) mass is 407 g/mol. The van der Waals surface area contributed by atoms with Crippen molar-refractivity contribution in [3.63, 3.8) is 0 Å². The lowest BCUT2D eigenvalue weighted by molar-refractivity contribution is 0.0938. The fourth-order valence-corrected chi connectivity index (χ4v) is 3.89. The van der Waals surface area contributed by atoms with Crippen LogP contribution in [0.5, 0.6) is 0 Å². The molecule has 21 heavy (non-hydrogen) atoms. The van der Waals surface area contributed by atoms with Crippen molar-refractivity contribution in [3.8, 4) is 0 Å². The molecule has 0 saturated carbocycles. The van der Waals surface area contributed by atoms with Gasteiger partial charge in [-0.25, -0.2) is 0 Å². The SMILES string of the molecule is Cc1c(Br)cc(C(=O)NC2Cc3ccccc3C2)cc1Br. The summed E-state index contributed by atoms with van der Waals surface area (Å²) < 4.78 is 1.88. The zero-order valence-electron chi connectivity index (χ0n) is 11.6. The molecule has 0 unspecified atom stereocenters. The van der Waals surface area contributed by atoms with E-state index in [0.29, 0.717) is 5.56 Å². The first-order valence-electron chi connectivity index (χ1n) is 6.88. The fraction of sp³-hybridized carbons (Fsp3) is 0.235. The van der Waals surface area contributed by atoms with Gasteiger partial charge >= 0.3 is 0 Å². The van der Waals surface area contributed by atoms with Crippen LogP contribution in [0.1, 0.15) is 27.0 Å². The van der Waals surface area contributed by atoms with Crippen molar-refractivity contribution >= 4 is 37.8 Å². The van der Waals surface area contributed by atoms with E-state index in [4.69, 9.17) is 0 Å². The highest BCUT2D eigenvalue weighted by molar-refractivity contribution is 9.11. The van der Waals surface area contributed by atoms with Crippen LogP contribution in [-0.2, 0) is 12.8 Å². The Morgan fingerprint density at radius 2 is 1.62 bits per heavy atom. The van der Waals surface area contributed by atoms with Crippen molar-refractivity contribution < 1.29 is 4.79 Å². The molecule has 0 saturated heterocycles. The molecular formula is C17H15Br2NO. The average Bonchev–Trinajstić information content (AvgIpc) is 2.86. The van der Waals surface area contributed by atoms with E-state index in [1.54, 1.807) is 0 Å². The number of halogens is 2. The number of hydrogen-bond acceptors (Lipinski definition) is 1. The zero-order chi connectivity index (χ0) is 15.0. The molecule has 4 heteroatoms. The smallest absolute Gasteiger partial charge is 0.251 e. The molecule has 0 spiro atoms. The minimum Gasteiger partial charge on any atom is -0.349 e. The first-order valence-corrected chi connectivity index (χ1v) is 8.46. The van der Waals surface area contributed by atoms with Crippen molar-refractivity contribution in [2.75, 3.05) is 0 Å². The van der Waals surface area contributed by atoms with E-state index >= 15 is 0 Å². The van der Waals surface area contributed by atoms with E-state index < -0.39 is 0 Å². The molecule has 1 amide bonds. The number of carbonyl (C=O) groups excluding carboxylic acids is 1. The van der Waals surface area contributed by atoms with Gasteiger partial charge in [0.2, 0.25) is 0 Å². The third kappa shape index (κ3) is 3.06. The Labute approximate surface area is 141 Å². The number of hydrogen-bond donors (Lipinski definition) is 1. The quantitative estimate of drug-likeness (QED) is 0.782. The molecular weight excluding hydrogens is 394 g/mol. The minimum absolute atomic E-state index is 0.0193. The minimum atomic E-state index is -0.0193. The largest absolute Gasteiger partial charge is 0.349 e. The van der Waals surface area contributed by atoms with Gasteiger partial charge in [0.1, 0.15) is 0 Å². The maximum atomic E-state index is 12.4. The van der Waals surface area contributed by atoms with Gasteiger partial charge in [-0.15, -0.1) is 0 Å². The topological polar surface area (TPSA) is 29.1 Å². The molecule has 0 bridgehead atoms. The first-order chi connectivity index (χ1) is 10.0. The standard InChI is InChI=1S/C17H15Br2NO/c1-10-15(18)8-13(9-16(10)19)17(21)20-14-6-11-4-2-3-5-12(11)7-14/h2-5,8-9,14H,6-7H2,1H3,(H,20,21). The summed E-state index contributed by atoms with van der Waals surface area (Å²) in [5.74, 6) is -0.0193. The summed E-state index contributed by atoms with van der Waals surface area (Å²) in [6.45, 7) is 2.00. The predicted octanol–water partition coefficient (Wildman–Crippen LogP) is 4.42. The van der Waals surface area contributed by atoms with Gasteiger partial charge < -0.3 is 5.32 Å². The Hall–Kier alpha value is -1.13. The summed E-state index contributed by atoms with van der Waals surface area (Å²) in [6.07, 6.45) is 1.83. The van der Waals surface area contributed by atoms with Gasteiger partial charge in [-0.3, -0.25) is 4.79 Å². The number of carbonyl (C=O) groups is 1. The molecule has 2 aromatic rings. The highest BCUT2D eigenvalue weighted by Crippen LogP contribution is 2.27. The molecule has 3 rings (SSSR count). The van der Waals surface area contributed by atoms with Crippen molar-refractivity contribution in [3.05, 3.63) is 67.6 Å². The van der Waals surface area contributed by atoms with Crippen molar-refractivity contribution in [2.24, 2.45) is 0 Å². The first kappa shape index (κ1) is 14.8.